The molecule has 2 aromatic rings. The van der Waals surface area contributed by atoms with Gasteiger partial charge in [0.25, 0.3) is 10.0 Å². The van der Waals surface area contributed by atoms with Crippen molar-refractivity contribution < 1.29 is 13.2 Å². The van der Waals surface area contributed by atoms with Gasteiger partial charge in [-0.15, -0.1) is 11.3 Å². The minimum Gasteiger partial charge on any atom is -0.378 e. The van der Waals surface area contributed by atoms with Gasteiger partial charge >= 0.3 is 0 Å². The molecule has 1 fully saturated rings. The van der Waals surface area contributed by atoms with Gasteiger partial charge in [-0.3, -0.25) is 4.40 Å². The molecule has 0 radical (unpaired) electrons. The van der Waals surface area contributed by atoms with Gasteiger partial charge in [-0.2, -0.15) is 4.31 Å². The number of fused-ring (bicyclic) bond motifs is 1. The van der Waals surface area contributed by atoms with Crippen molar-refractivity contribution in [2.45, 2.75) is 24.4 Å². The van der Waals surface area contributed by atoms with E-state index in [2.05, 4.69) is 4.98 Å². The van der Waals surface area contributed by atoms with E-state index >= 15 is 0 Å². The average Bonchev–Trinajstić information content (AvgIpc) is 2.88. The van der Waals surface area contributed by atoms with Crippen LogP contribution in [0.15, 0.2) is 22.8 Å². The van der Waals surface area contributed by atoms with Gasteiger partial charge in [0.05, 0.1) is 24.9 Å². The Bertz CT molecular complexity index is 702. The van der Waals surface area contributed by atoms with E-state index in [-0.39, 0.29) is 5.03 Å². The Morgan fingerprint density at radius 1 is 1.47 bits per heavy atom. The Kier molecular flexibility index (Phi) is 2.93. The lowest BCUT2D eigenvalue weighted by atomic mass is 10.1. The highest BCUT2D eigenvalue weighted by molar-refractivity contribution is 7.89. The highest BCUT2D eigenvalue weighted by Crippen LogP contribution is 2.28. The van der Waals surface area contributed by atoms with Crippen LogP contribution in [0.4, 0.5) is 0 Å². The van der Waals surface area contributed by atoms with Crippen molar-refractivity contribution in [2.75, 3.05) is 19.8 Å². The maximum atomic E-state index is 12.8. The molecule has 1 saturated heterocycles. The zero-order valence-corrected chi connectivity index (χ0v) is 12.4. The Morgan fingerprint density at radius 3 is 3.00 bits per heavy atom. The van der Waals surface area contributed by atoms with Crippen LogP contribution in [0.25, 0.3) is 4.96 Å². The second-order valence-electron chi connectivity index (χ2n) is 5.09. The third-order valence-corrected chi connectivity index (χ3v) is 6.09. The molecule has 104 valence electrons. The van der Waals surface area contributed by atoms with Crippen molar-refractivity contribution in [1.29, 1.82) is 0 Å². The Hall–Kier alpha value is -0.960. The summed E-state index contributed by atoms with van der Waals surface area (Å²) in [4.78, 5) is 4.82. The topological polar surface area (TPSA) is 63.9 Å². The van der Waals surface area contributed by atoms with Crippen molar-refractivity contribution >= 4 is 26.3 Å². The molecule has 8 heteroatoms. The first kappa shape index (κ1) is 13.0. The highest BCUT2D eigenvalue weighted by Gasteiger charge is 2.41. The monoisotopic (exact) mass is 301 g/mol. The van der Waals surface area contributed by atoms with E-state index in [9.17, 15) is 8.42 Å². The largest absolute Gasteiger partial charge is 0.378 e. The second-order valence-corrected chi connectivity index (χ2v) is 7.78. The molecule has 1 aliphatic rings. The molecular weight excluding hydrogens is 286 g/mol. The summed E-state index contributed by atoms with van der Waals surface area (Å²) >= 11 is 1.42. The van der Waals surface area contributed by atoms with Crippen LogP contribution in [-0.4, -0.2) is 47.4 Å². The maximum Gasteiger partial charge on any atom is 0.261 e. The van der Waals surface area contributed by atoms with Crippen LogP contribution in [0.2, 0.25) is 0 Å². The van der Waals surface area contributed by atoms with E-state index in [0.717, 1.165) is 0 Å². The number of ether oxygens (including phenoxy) is 1. The van der Waals surface area contributed by atoms with Gasteiger partial charge < -0.3 is 4.74 Å². The summed E-state index contributed by atoms with van der Waals surface area (Å²) < 4.78 is 34.1. The molecular formula is C11H15N3O3S2. The number of imidazole rings is 1. The van der Waals surface area contributed by atoms with Crippen LogP contribution >= 0.6 is 11.3 Å². The SMILES string of the molecule is CC1(C)COCCN1S(=O)(=O)c1cnc2sccn12. The average molecular weight is 301 g/mol. The number of nitrogens with zero attached hydrogens (tertiary/aromatic N) is 3. The van der Waals surface area contributed by atoms with E-state index in [0.29, 0.717) is 24.7 Å². The van der Waals surface area contributed by atoms with Crippen LogP contribution in [0.1, 0.15) is 13.8 Å². The number of aromatic nitrogens is 2. The lowest BCUT2D eigenvalue weighted by Gasteiger charge is -2.40. The van der Waals surface area contributed by atoms with Gasteiger partial charge in [0.1, 0.15) is 0 Å². The molecule has 0 bridgehead atoms. The minimum atomic E-state index is -3.56. The number of morpholine rings is 1. The predicted octanol–water partition coefficient (Wildman–Crippen LogP) is 1.20. The smallest absolute Gasteiger partial charge is 0.261 e. The lowest BCUT2D eigenvalue weighted by molar-refractivity contribution is -0.00783. The van der Waals surface area contributed by atoms with E-state index in [1.165, 1.54) is 21.8 Å². The quantitative estimate of drug-likeness (QED) is 0.836. The Labute approximate surface area is 115 Å². The van der Waals surface area contributed by atoms with Crippen LogP contribution < -0.4 is 0 Å². The number of rotatable bonds is 2. The minimum absolute atomic E-state index is 0.221. The maximum absolute atomic E-state index is 12.8. The molecule has 0 aliphatic carbocycles. The number of hydrogen-bond acceptors (Lipinski definition) is 5. The zero-order valence-electron chi connectivity index (χ0n) is 10.7. The van der Waals surface area contributed by atoms with Crippen LogP contribution in [0, 0.1) is 0 Å². The Balaban J connectivity index is 2.10. The highest BCUT2D eigenvalue weighted by atomic mass is 32.2. The fourth-order valence-electron chi connectivity index (χ4n) is 2.30. The van der Waals surface area contributed by atoms with Crippen molar-refractivity contribution in [3.63, 3.8) is 0 Å². The molecule has 0 saturated carbocycles. The first-order valence-electron chi connectivity index (χ1n) is 5.94. The van der Waals surface area contributed by atoms with Gasteiger partial charge in [-0.25, -0.2) is 13.4 Å². The predicted molar refractivity (Wildman–Crippen MR) is 71.9 cm³/mol. The lowest BCUT2D eigenvalue weighted by Crippen LogP contribution is -2.55. The standard InChI is InChI=1S/C11H15N3O3S2/c1-11(2)8-17-5-3-14(11)19(15,16)9-7-12-10-13(9)4-6-18-10/h4,6-7H,3,5,8H2,1-2H3. The number of thiazole rings is 1. The Morgan fingerprint density at radius 2 is 2.26 bits per heavy atom. The molecule has 0 atom stereocenters. The first-order valence-corrected chi connectivity index (χ1v) is 8.26. The summed E-state index contributed by atoms with van der Waals surface area (Å²) in [7, 11) is -3.56. The van der Waals surface area contributed by atoms with Gasteiger partial charge in [-0.05, 0) is 13.8 Å². The van der Waals surface area contributed by atoms with E-state index in [1.54, 1.807) is 10.6 Å². The summed E-state index contributed by atoms with van der Waals surface area (Å²) in [6.07, 6.45) is 3.15. The fourth-order valence-corrected chi connectivity index (χ4v) is 4.87. The molecule has 2 aromatic heterocycles. The van der Waals surface area contributed by atoms with Crippen molar-refractivity contribution in [3.05, 3.63) is 17.8 Å². The van der Waals surface area contributed by atoms with Gasteiger partial charge in [0.2, 0.25) is 0 Å². The normalized spacial score (nSPS) is 20.9. The molecule has 19 heavy (non-hydrogen) atoms. The fraction of sp³-hybridized carbons (Fsp3) is 0.545. The van der Waals surface area contributed by atoms with Gasteiger partial charge in [0, 0.05) is 18.1 Å². The zero-order chi connectivity index (χ0) is 13.7. The molecule has 0 unspecified atom stereocenters. The summed E-state index contributed by atoms with van der Waals surface area (Å²) in [5.41, 5.74) is -0.544. The number of sulfonamides is 1. The van der Waals surface area contributed by atoms with Crippen molar-refractivity contribution in [1.82, 2.24) is 13.7 Å². The van der Waals surface area contributed by atoms with Crippen molar-refractivity contribution in [2.24, 2.45) is 0 Å². The molecule has 3 heterocycles. The van der Waals surface area contributed by atoms with Crippen molar-refractivity contribution in [3.8, 4) is 0 Å². The second kappa shape index (κ2) is 4.27. The van der Waals surface area contributed by atoms with Gasteiger partial charge in [0.15, 0.2) is 9.99 Å². The summed E-state index contributed by atoms with van der Waals surface area (Å²) in [5, 5.41) is 2.05. The first-order chi connectivity index (χ1) is 8.93. The third kappa shape index (κ3) is 1.99. The summed E-state index contributed by atoms with van der Waals surface area (Å²) in [6, 6.07) is 0. The van der Waals surface area contributed by atoms with Crippen LogP contribution in [0.3, 0.4) is 0 Å². The molecule has 1 aliphatic heterocycles. The molecule has 3 rings (SSSR count). The van der Waals surface area contributed by atoms with E-state index < -0.39 is 15.6 Å². The van der Waals surface area contributed by atoms with E-state index in [1.807, 2.05) is 19.2 Å². The van der Waals surface area contributed by atoms with Gasteiger partial charge in [-0.1, -0.05) is 0 Å². The summed E-state index contributed by atoms with van der Waals surface area (Å²) in [5.74, 6) is 0. The van der Waals surface area contributed by atoms with Crippen LogP contribution in [0.5, 0.6) is 0 Å². The molecule has 0 spiro atoms. The molecule has 0 aromatic carbocycles. The molecule has 0 amide bonds. The van der Waals surface area contributed by atoms with Crippen LogP contribution in [-0.2, 0) is 14.8 Å². The summed E-state index contributed by atoms with van der Waals surface area (Å²) in [6.45, 7) is 4.93. The third-order valence-electron chi connectivity index (χ3n) is 3.24. The number of hydrogen-bond donors (Lipinski definition) is 0. The molecule has 0 N–H and O–H groups in total. The van der Waals surface area contributed by atoms with E-state index in [4.69, 9.17) is 4.74 Å². The molecule has 6 nitrogen and oxygen atoms in total.